The highest BCUT2D eigenvalue weighted by Gasteiger charge is 2.35. The first-order chi connectivity index (χ1) is 15.0. The molecule has 32 heavy (non-hydrogen) atoms. The van der Waals surface area contributed by atoms with E-state index in [0.29, 0.717) is 29.1 Å². The average Bonchev–Trinajstić information content (AvgIpc) is 3.12. The fourth-order valence-electron chi connectivity index (χ4n) is 3.81. The van der Waals surface area contributed by atoms with E-state index in [1.54, 1.807) is 0 Å². The Labute approximate surface area is 185 Å². The lowest BCUT2D eigenvalue weighted by Gasteiger charge is -2.30. The molecule has 0 spiro atoms. The summed E-state index contributed by atoms with van der Waals surface area (Å²) in [5, 5.41) is 18.8. The molecule has 0 bridgehead atoms. The molecule has 0 aliphatic carbocycles. The standard InChI is InChI=1S/C22H29F2N5O3/c1-22(2,3)19(20(31)25-9-11-30)26-21(32)29-16-6-5-10-28(4)18(16)17(27-29)13-7-8-14(23)15(24)12-13/h7-8,12,19,30H,5-6,9-11H2,1-4H3,(H,25,31)(H,26,32)/t19-/m1/s1. The van der Waals surface area contributed by atoms with Gasteiger partial charge in [0.1, 0.15) is 11.7 Å². The maximum atomic E-state index is 13.9. The predicted molar refractivity (Wildman–Crippen MR) is 116 cm³/mol. The van der Waals surface area contributed by atoms with Gasteiger partial charge in [-0.3, -0.25) is 4.79 Å². The first-order valence-corrected chi connectivity index (χ1v) is 10.5. The van der Waals surface area contributed by atoms with Crippen LogP contribution in [0, 0.1) is 17.0 Å². The van der Waals surface area contributed by atoms with Crippen molar-refractivity contribution in [3.8, 4) is 11.3 Å². The van der Waals surface area contributed by atoms with Crippen molar-refractivity contribution in [2.24, 2.45) is 5.41 Å². The summed E-state index contributed by atoms with van der Waals surface area (Å²) in [6.07, 6.45) is 1.36. The maximum absolute atomic E-state index is 13.9. The van der Waals surface area contributed by atoms with E-state index in [-0.39, 0.29) is 13.2 Å². The number of amides is 2. The summed E-state index contributed by atoms with van der Waals surface area (Å²) in [4.78, 5) is 27.8. The van der Waals surface area contributed by atoms with Gasteiger partial charge in [-0.1, -0.05) is 20.8 Å². The maximum Gasteiger partial charge on any atom is 0.343 e. The zero-order valence-electron chi connectivity index (χ0n) is 18.7. The Balaban J connectivity index is 2.00. The molecule has 2 amide bonds. The van der Waals surface area contributed by atoms with Crippen LogP contribution in [0.1, 0.15) is 32.9 Å². The van der Waals surface area contributed by atoms with Gasteiger partial charge in [-0.2, -0.15) is 9.78 Å². The van der Waals surface area contributed by atoms with Gasteiger partial charge in [-0.25, -0.2) is 13.6 Å². The number of aliphatic hydroxyl groups is 1. The third kappa shape index (κ3) is 4.74. The minimum atomic E-state index is -0.998. The summed E-state index contributed by atoms with van der Waals surface area (Å²) in [7, 11) is 1.85. The number of aromatic nitrogens is 2. The number of hydrogen-bond donors (Lipinski definition) is 3. The summed E-state index contributed by atoms with van der Waals surface area (Å²) in [6.45, 7) is 6.03. The normalized spacial score (nSPS) is 14.7. The molecule has 1 aliphatic heterocycles. The van der Waals surface area contributed by atoms with Crippen molar-refractivity contribution in [2.45, 2.75) is 39.7 Å². The van der Waals surface area contributed by atoms with Gasteiger partial charge in [-0.15, -0.1) is 0 Å². The molecule has 0 saturated heterocycles. The van der Waals surface area contributed by atoms with Crippen LogP contribution in [0.3, 0.4) is 0 Å². The van der Waals surface area contributed by atoms with Crippen LogP contribution in [0.5, 0.6) is 0 Å². The van der Waals surface area contributed by atoms with Crippen LogP contribution in [0.25, 0.3) is 11.3 Å². The topological polar surface area (TPSA) is 99.5 Å². The molecule has 174 valence electrons. The number of halogens is 2. The van der Waals surface area contributed by atoms with Crippen molar-refractivity contribution in [3.05, 3.63) is 35.5 Å². The molecule has 8 nitrogen and oxygen atoms in total. The van der Waals surface area contributed by atoms with Crippen LogP contribution >= 0.6 is 0 Å². The van der Waals surface area contributed by atoms with Gasteiger partial charge in [0, 0.05) is 25.7 Å². The molecule has 1 aromatic heterocycles. The number of carbonyl (C=O) groups excluding carboxylic acids is 2. The number of aliphatic hydroxyl groups excluding tert-OH is 1. The van der Waals surface area contributed by atoms with Gasteiger partial charge >= 0.3 is 6.03 Å². The fourth-order valence-corrected chi connectivity index (χ4v) is 3.81. The number of nitrogens with zero attached hydrogens (tertiary/aromatic N) is 3. The summed E-state index contributed by atoms with van der Waals surface area (Å²) < 4.78 is 28.6. The minimum absolute atomic E-state index is 0.0729. The zero-order chi connectivity index (χ0) is 23.6. The average molecular weight is 450 g/mol. The van der Waals surface area contributed by atoms with E-state index in [1.807, 2.05) is 32.7 Å². The molecule has 0 unspecified atom stereocenters. The number of carbonyl (C=O) groups is 2. The fraction of sp³-hybridized carbons (Fsp3) is 0.500. The highest BCUT2D eigenvalue weighted by molar-refractivity contribution is 5.90. The third-order valence-corrected chi connectivity index (χ3v) is 5.43. The van der Waals surface area contributed by atoms with E-state index in [0.717, 1.165) is 25.1 Å². The van der Waals surface area contributed by atoms with Crippen molar-refractivity contribution < 1.29 is 23.5 Å². The number of fused-ring (bicyclic) bond motifs is 1. The SMILES string of the molecule is CN1CCCc2c1c(-c1ccc(F)c(F)c1)nn2C(=O)N[C@H](C(=O)NCCO)C(C)(C)C. The molecule has 2 aromatic rings. The van der Waals surface area contributed by atoms with Gasteiger partial charge < -0.3 is 20.6 Å². The van der Waals surface area contributed by atoms with Crippen LogP contribution in [0.2, 0.25) is 0 Å². The highest BCUT2D eigenvalue weighted by atomic mass is 19.2. The molecule has 10 heteroatoms. The number of nitrogens with one attached hydrogen (secondary N) is 2. The Bertz CT molecular complexity index is 1020. The lowest BCUT2D eigenvalue weighted by Crippen LogP contribution is -2.55. The Morgan fingerprint density at radius 3 is 2.59 bits per heavy atom. The molecule has 1 aromatic carbocycles. The quantitative estimate of drug-likeness (QED) is 0.651. The largest absolute Gasteiger partial charge is 0.395 e. The number of anilines is 1. The highest BCUT2D eigenvalue weighted by Crippen LogP contribution is 2.37. The predicted octanol–water partition coefficient (Wildman–Crippen LogP) is 2.29. The van der Waals surface area contributed by atoms with E-state index in [2.05, 4.69) is 15.7 Å². The van der Waals surface area contributed by atoms with Crippen molar-refractivity contribution >= 4 is 17.6 Å². The lowest BCUT2D eigenvalue weighted by atomic mass is 9.86. The van der Waals surface area contributed by atoms with Crippen LogP contribution in [0.4, 0.5) is 19.3 Å². The monoisotopic (exact) mass is 449 g/mol. The Kier molecular flexibility index (Phi) is 6.82. The summed E-state index contributed by atoms with van der Waals surface area (Å²) in [5.41, 5.74) is 1.43. The van der Waals surface area contributed by atoms with E-state index in [9.17, 15) is 18.4 Å². The number of benzene rings is 1. The molecule has 2 heterocycles. The Hall–Kier alpha value is -3.01. The van der Waals surface area contributed by atoms with E-state index < -0.39 is 35.0 Å². The van der Waals surface area contributed by atoms with Crippen LogP contribution in [0.15, 0.2) is 18.2 Å². The smallest absolute Gasteiger partial charge is 0.343 e. The minimum Gasteiger partial charge on any atom is -0.395 e. The van der Waals surface area contributed by atoms with Gasteiger partial charge in [0.05, 0.1) is 18.0 Å². The Morgan fingerprint density at radius 2 is 1.97 bits per heavy atom. The first kappa shape index (κ1) is 23.6. The molecule has 0 saturated carbocycles. The van der Waals surface area contributed by atoms with Crippen LogP contribution in [-0.4, -0.2) is 59.6 Å². The van der Waals surface area contributed by atoms with Crippen molar-refractivity contribution in [1.29, 1.82) is 0 Å². The Morgan fingerprint density at radius 1 is 1.25 bits per heavy atom. The summed E-state index contributed by atoms with van der Waals surface area (Å²) >= 11 is 0. The van der Waals surface area contributed by atoms with Gasteiger partial charge in [0.15, 0.2) is 11.6 Å². The first-order valence-electron chi connectivity index (χ1n) is 10.5. The van der Waals surface area contributed by atoms with Crippen molar-refractivity contribution in [3.63, 3.8) is 0 Å². The molecule has 0 radical (unpaired) electrons. The molecule has 3 rings (SSSR count). The van der Waals surface area contributed by atoms with Gasteiger partial charge in [-0.05, 0) is 36.5 Å². The van der Waals surface area contributed by atoms with E-state index >= 15 is 0 Å². The van der Waals surface area contributed by atoms with Gasteiger partial charge in [0.2, 0.25) is 5.91 Å². The van der Waals surface area contributed by atoms with Crippen molar-refractivity contribution in [2.75, 3.05) is 31.6 Å². The molecule has 1 aliphatic rings. The van der Waals surface area contributed by atoms with Crippen LogP contribution < -0.4 is 15.5 Å². The second-order valence-electron chi connectivity index (χ2n) is 8.97. The molecular formula is C22H29F2N5O3. The lowest BCUT2D eigenvalue weighted by molar-refractivity contribution is -0.125. The third-order valence-electron chi connectivity index (χ3n) is 5.43. The van der Waals surface area contributed by atoms with E-state index in [1.165, 1.54) is 10.7 Å². The second-order valence-corrected chi connectivity index (χ2v) is 8.97. The molecular weight excluding hydrogens is 420 g/mol. The summed E-state index contributed by atoms with van der Waals surface area (Å²) in [6, 6.07) is 2.04. The molecule has 1 atom stereocenters. The van der Waals surface area contributed by atoms with Crippen molar-refractivity contribution in [1.82, 2.24) is 20.4 Å². The molecule has 3 N–H and O–H groups in total. The zero-order valence-corrected chi connectivity index (χ0v) is 18.7. The number of rotatable bonds is 5. The number of hydrogen-bond acceptors (Lipinski definition) is 5. The van der Waals surface area contributed by atoms with E-state index in [4.69, 9.17) is 5.11 Å². The molecule has 0 fully saturated rings. The summed E-state index contributed by atoms with van der Waals surface area (Å²) in [5.74, 6) is -2.38. The second kappa shape index (κ2) is 9.23. The van der Waals surface area contributed by atoms with Gasteiger partial charge in [0.25, 0.3) is 0 Å². The van der Waals surface area contributed by atoms with Crippen LogP contribution in [-0.2, 0) is 11.2 Å².